The Labute approximate surface area is 163 Å². The van der Waals surface area contributed by atoms with Crippen LogP contribution in [0.2, 0.25) is 0 Å². The molecule has 1 aromatic heterocycles. The zero-order valence-corrected chi connectivity index (χ0v) is 15.5. The second-order valence-corrected chi connectivity index (χ2v) is 6.58. The lowest BCUT2D eigenvalue weighted by Gasteiger charge is -2.14. The summed E-state index contributed by atoms with van der Waals surface area (Å²) < 4.78 is 10.7. The Balaban J connectivity index is 1.39. The van der Waals surface area contributed by atoms with Crippen LogP contribution < -0.4 is 20.1 Å². The van der Waals surface area contributed by atoms with Gasteiger partial charge in [0.1, 0.15) is 5.82 Å². The van der Waals surface area contributed by atoms with Crippen molar-refractivity contribution in [1.82, 2.24) is 10.3 Å². The summed E-state index contributed by atoms with van der Waals surface area (Å²) in [4.78, 5) is 16.9. The molecule has 1 aliphatic heterocycles. The topological polar surface area (TPSA) is 72.5 Å². The van der Waals surface area contributed by atoms with Crippen molar-refractivity contribution in [3.8, 4) is 11.5 Å². The summed E-state index contributed by atoms with van der Waals surface area (Å²) >= 11 is 0. The number of amides is 1. The molecular formula is C22H21N3O3. The normalized spacial score (nSPS) is 13.0. The number of benzene rings is 2. The maximum absolute atomic E-state index is 12.6. The van der Waals surface area contributed by atoms with Crippen molar-refractivity contribution in [1.29, 1.82) is 0 Å². The SMILES string of the molecule is CC(NC(=O)c1ccnc(NCc2ccc3c(c2)OCO3)c1)c1ccccc1. The fraction of sp³-hybridized carbons (Fsp3) is 0.182. The Hall–Kier alpha value is -3.54. The summed E-state index contributed by atoms with van der Waals surface area (Å²) in [7, 11) is 0. The predicted molar refractivity (Wildman–Crippen MR) is 106 cm³/mol. The third-order valence-corrected chi connectivity index (χ3v) is 4.58. The number of hydrogen-bond acceptors (Lipinski definition) is 5. The molecule has 6 nitrogen and oxygen atoms in total. The van der Waals surface area contributed by atoms with Gasteiger partial charge in [-0.15, -0.1) is 0 Å². The second-order valence-electron chi connectivity index (χ2n) is 6.58. The first kappa shape index (κ1) is 17.9. The molecule has 0 bridgehead atoms. The van der Waals surface area contributed by atoms with Gasteiger partial charge in [-0.2, -0.15) is 0 Å². The van der Waals surface area contributed by atoms with Crippen molar-refractivity contribution < 1.29 is 14.3 Å². The largest absolute Gasteiger partial charge is 0.454 e. The van der Waals surface area contributed by atoms with Crippen LogP contribution in [0.5, 0.6) is 11.5 Å². The summed E-state index contributed by atoms with van der Waals surface area (Å²) in [6.07, 6.45) is 1.63. The fourth-order valence-electron chi connectivity index (χ4n) is 3.02. The number of nitrogens with zero attached hydrogens (tertiary/aromatic N) is 1. The van der Waals surface area contributed by atoms with E-state index in [-0.39, 0.29) is 18.7 Å². The summed E-state index contributed by atoms with van der Waals surface area (Å²) in [5, 5.41) is 6.26. The van der Waals surface area contributed by atoms with Gasteiger partial charge in [0.2, 0.25) is 6.79 Å². The molecule has 4 rings (SSSR count). The van der Waals surface area contributed by atoms with Crippen LogP contribution in [0.25, 0.3) is 0 Å². The van der Waals surface area contributed by atoms with Gasteiger partial charge in [0.05, 0.1) is 6.04 Å². The molecule has 1 aliphatic rings. The maximum atomic E-state index is 12.6. The zero-order valence-electron chi connectivity index (χ0n) is 15.5. The Morgan fingerprint density at radius 3 is 2.75 bits per heavy atom. The lowest BCUT2D eigenvalue weighted by molar-refractivity contribution is 0.0940. The zero-order chi connectivity index (χ0) is 19.3. The average molecular weight is 375 g/mol. The van der Waals surface area contributed by atoms with Crippen molar-refractivity contribution in [2.75, 3.05) is 12.1 Å². The van der Waals surface area contributed by atoms with Gasteiger partial charge >= 0.3 is 0 Å². The Morgan fingerprint density at radius 2 is 1.89 bits per heavy atom. The highest BCUT2D eigenvalue weighted by molar-refractivity contribution is 5.95. The number of carbonyl (C=O) groups is 1. The first-order valence-electron chi connectivity index (χ1n) is 9.13. The van der Waals surface area contributed by atoms with E-state index in [0.717, 1.165) is 22.6 Å². The molecule has 2 aromatic carbocycles. The van der Waals surface area contributed by atoms with Crippen molar-refractivity contribution in [2.45, 2.75) is 19.5 Å². The monoisotopic (exact) mass is 375 g/mol. The van der Waals surface area contributed by atoms with E-state index >= 15 is 0 Å². The van der Waals surface area contributed by atoms with Crippen molar-refractivity contribution >= 4 is 11.7 Å². The highest BCUT2D eigenvalue weighted by Gasteiger charge is 2.14. The van der Waals surface area contributed by atoms with Crippen molar-refractivity contribution in [3.05, 3.63) is 83.6 Å². The van der Waals surface area contributed by atoms with Crippen LogP contribution >= 0.6 is 0 Å². The van der Waals surface area contributed by atoms with E-state index in [9.17, 15) is 4.79 Å². The van der Waals surface area contributed by atoms with Gasteiger partial charge in [-0.05, 0) is 42.3 Å². The maximum Gasteiger partial charge on any atom is 0.251 e. The van der Waals surface area contributed by atoms with Gasteiger partial charge in [-0.1, -0.05) is 36.4 Å². The molecule has 0 saturated heterocycles. The van der Waals surface area contributed by atoms with Crippen LogP contribution in [-0.2, 0) is 6.54 Å². The number of carbonyl (C=O) groups excluding carboxylic acids is 1. The van der Waals surface area contributed by atoms with Gasteiger partial charge in [0.15, 0.2) is 11.5 Å². The molecule has 0 saturated carbocycles. The quantitative estimate of drug-likeness (QED) is 0.683. The first-order chi connectivity index (χ1) is 13.7. The molecule has 0 spiro atoms. The Kier molecular flexibility index (Phi) is 5.10. The van der Waals surface area contributed by atoms with Gasteiger partial charge in [-0.3, -0.25) is 4.79 Å². The first-order valence-corrected chi connectivity index (χ1v) is 9.13. The molecule has 6 heteroatoms. The number of ether oxygens (including phenoxy) is 2. The van der Waals surface area contributed by atoms with Crippen LogP contribution in [0.4, 0.5) is 5.82 Å². The van der Waals surface area contributed by atoms with E-state index in [1.54, 1.807) is 18.3 Å². The number of fused-ring (bicyclic) bond motifs is 1. The highest BCUT2D eigenvalue weighted by atomic mass is 16.7. The van der Waals surface area contributed by atoms with Gasteiger partial charge < -0.3 is 20.1 Å². The lowest BCUT2D eigenvalue weighted by Crippen LogP contribution is -2.26. The standard InChI is InChI=1S/C22H21N3O3/c1-15(17-5-3-2-4-6-17)25-22(26)18-9-10-23-21(12-18)24-13-16-7-8-19-20(11-16)28-14-27-19/h2-12,15H,13-14H2,1H3,(H,23,24)(H,25,26). The van der Waals surface area contributed by atoms with Gasteiger partial charge in [-0.25, -0.2) is 4.98 Å². The molecule has 1 amide bonds. The van der Waals surface area contributed by atoms with E-state index in [1.165, 1.54) is 0 Å². The van der Waals surface area contributed by atoms with Crippen LogP contribution in [0.1, 0.15) is 34.5 Å². The summed E-state index contributed by atoms with van der Waals surface area (Å²) in [5.74, 6) is 2.01. The van der Waals surface area contributed by atoms with Crippen LogP contribution in [0.15, 0.2) is 66.9 Å². The molecule has 142 valence electrons. The van der Waals surface area contributed by atoms with E-state index in [1.807, 2.05) is 55.5 Å². The van der Waals surface area contributed by atoms with Crippen molar-refractivity contribution in [3.63, 3.8) is 0 Å². The Morgan fingerprint density at radius 1 is 1.07 bits per heavy atom. The van der Waals surface area contributed by atoms with E-state index in [0.29, 0.717) is 17.9 Å². The summed E-state index contributed by atoms with van der Waals surface area (Å²) in [5.41, 5.74) is 2.66. The number of hydrogen-bond donors (Lipinski definition) is 2. The number of aromatic nitrogens is 1. The smallest absolute Gasteiger partial charge is 0.251 e. The van der Waals surface area contributed by atoms with Crippen LogP contribution in [-0.4, -0.2) is 17.7 Å². The minimum Gasteiger partial charge on any atom is -0.454 e. The summed E-state index contributed by atoms with van der Waals surface area (Å²) in [6.45, 7) is 2.79. The molecule has 0 fully saturated rings. The highest BCUT2D eigenvalue weighted by Crippen LogP contribution is 2.32. The number of rotatable bonds is 6. The molecule has 1 unspecified atom stereocenters. The molecule has 2 heterocycles. The molecule has 3 aromatic rings. The van der Waals surface area contributed by atoms with Crippen LogP contribution in [0.3, 0.4) is 0 Å². The molecule has 0 radical (unpaired) electrons. The number of nitrogens with one attached hydrogen (secondary N) is 2. The van der Waals surface area contributed by atoms with Crippen molar-refractivity contribution in [2.24, 2.45) is 0 Å². The molecular weight excluding hydrogens is 354 g/mol. The third-order valence-electron chi connectivity index (χ3n) is 4.58. The van der Waals surface area contributed by atoms with E-state index < -0.39 is 0 Å². The number of anilines is 1. The van der Waals surface area contributed by atoms with Crippen LogP contribution in [0, 0.1) is 0 Å². The molecule has 0 aliphatic carbocycles. The minimum absolute atomic E-state index is 0.0769. The van der Waals surface area contributed by atoms with Gasteiger partial charge in [0, 0.05) is 18.3 Å². The second kappa shape index (κ2) is 8.00. The lowest BCUT2D eigenvalue weighted by atomic mass is 10.1. The molecule has 1 atom stereocenters. The van der Waals surface area contributed by atoms with E-state index in [4.69, 9.17) is 9.47 Å². The number of pyridine rings is 1. The Bertz CT molecular complexity index is 976. The molecule has 28 heavy (non-hydrogen) atoms. The fourth-order valence-corrected chi connectivity index (χ4v) is 3.02. The third kappa shape index (κ3) is 4.06. The minimum atomic E-state index is -0.134. The van der Waals surface area contributed by atoms with Gasteiger partial charge in [0.25, 0.3) is 5.91 Å². The predicted octanol–water partition coefficient (Wildman–Crippen LogP) is 3.91. The van der Waals surface area contributed by atoms with E-state index in [2.05, 4.69) is 15.6 Å². The average Bonchev–Trinajstić information content (AvgIpc) is 3.21. The molecule has 2 N–H and O–H groups in total. The summed E-state index contributed by atoms with van der Waals surface area (Å²) in [6, 6.07) is 19.1.